The monoisotopic (exact) mass is 270 g/mol. The van der Waals surface area contributed by atoms with Crippen molar-refractivity contribution in [3.05, 3.63) is 0 Å². The highest BCUT2D eigenvalue weighted by Gasteiger charge is 2.39. The molecule has 2 atom stereocenters. The van der Waals surface area contributed by atoms with Crippen molar-refractivity contribution in [1.29, 1.82) is 0 Å². The molecule has 1 aliphatic carbocycles. The first kappa shape index (κ1) is 16.9. The molecule has 1 aliphatic rings. The summed E-state index contributed by atoms with van der Waals surface area (Å²) in [6, 6.07) is 0.635. The molecule has 0 aliphatic heterocycles. The second kappa shape index (κ2) is 7.61. The Hall–Kier alpha value is -0.120. The highest BCUT2D eigenvalue weighted by molar-refractivity contribution is 4.95. The van der Waals surface area contributed by atoms with Crippen molar-refractivity contribution in [2.45, 2.75) is 65.0 Å². The largest absolute Gasteiger partial charge is 0.383 e. The van der Waals surface area contributed by atoms with Crippen LogP contribution in [0.4, 0.5) is 0 Å². The number of nitrogens with two attached hydrogens (primary N) is 1. The lowest BCUT2D eigenvalue weighted by Crippen LogP contribution is -2.57. The Balaban J connectivity index is 2.71. The number of ether oxygens (including phenoxy) is 1. The average molecular weight is 270 g/mol. The lowest BCUT2D eigenvalue weighted by molar-refractivity contribution is 0.0233. The number of rotatable bonds is 10. The van der Waals surface area contributed by atoms with Gasteiger partial charge in [0.1, 0.15) is 0 Å². The minimum Gasteiger partial charge on any atom is -0.383 e. The Labute approximate surface area is 119 Å². The van der Waals surface area contributed by atoms with Crippen LogP contribution in [0.2, 0.25) is 0 Å². The first-order chi connectivity index (χ1) is 8.94. The maximum Gasteiger partial charge on any atom is 0.0590 e. The van der Waals surface area contributed by atoms with Crippen LogP contribution in [0.25, 0.3) is 0 Å². The Bertz CT molecular complexity index is 253. The maximum absolute atomic E-state index is 6.14. The Kier molecular flexibility index (Phi) is 6.78. The van der Waals surface area contributed by atoms with Gasteiger partial charge in [0.2, 0.25) is 0 Å². The van der Waals surface area contributed by atoms with Crippen molar-refractivity contribution in [2.75, 3.05) is 26.8 Å². The Morgan fingerprint density at radius 2 is 1.95 bits per heavy atom. The normalized spacial score (nSPS) is 20.8. The first-order valence-corrected chi connectivity index (χ1v) is 7.90. The summed E-state index contributed by atoms with van der Waals surface area (Å²) in [6.45, 7) is 11.8. The van der Waals surface area contributed by atoms with Gasteiger partial charge >= 0.3 is 0 Å². The summed E-state index contributed by atoms with van der Waals surface area (Å²) >= 11 is 0. The van der Waals surface area contributed by atoms with E-state index in [1.165, 1.54) is 25.7 Å². The molecule has 2 N–H and O–H groups in total. The van der Waals surface area contributed by atoms with Gasteiger partial charge in [-0.15, -0.1) is 0 Å². The molecule has 1 saturated carbocycles. The van der Waals surface area contributed by atoms with E-state index >= 15 is 0 Å². The van der Waals surface area contributed by atoms with Gasteiger partial charge in [-0.3, -0.25) is 4.90 Å². The first-order valence-electron chi connectivity index (χ1n) is 7.90. The molecule has 0 amide bonds. The van der Waals surface area contributed by atoms with Crippen LogP contribution in [-0.4, -0.2) is 43.3 Å². The van der Waals surface area contributed by atoms with Crippen LogP contribution < -0.4 is 5.73 Å². The fraction of sp³-hybridized carbons (Fsp3) is 1.00. The van der Waals surface area contributed by atoms with E-state index in [1.807, 2.05) is 0 Å². The quantitative estimate of drug-likeness (QED) is 0.663. The number of methoxy groups -OCH3 is 1. The average Bonchev–Trinajstić information content (AvgIpc) is 3.20. The van der Waals surface area contributed by atoms with E-state index in [1.54, 1.807) is 7.11 Å². The zero-order valence-corrected chi connectivity index (χ0v) is 13.6. The second-order valence-corrected chi connectivity index (χ2v) is 6.90. The van der Waals surface area contributed by atoms with Crippen molar-refractivity contribution >= 4 is 0 Å². The molecule has 0 radical (unpaired) electrons. The van der Waals surface area contributed by atoms with E-state index in [2.05, 4.69) is 32.6 Å². The minimum atomic E-state index is 0.116. The van der Waals surface area contributed by atoms with Gasteiger partial charge in [0, 0.05) is 31.8 Å². The van der Waals surface area contributed by atoms with Crippen molar-refractivity contribution in [1.82, 2.24) is 4.90 Å². The summed E-state index contributed by atoms with van der Waals surface area (Å²) in [6.07, 6.45) is 5.20. The number of hydrogen-bond donors (Lipinski definition) is 1. The van der Waals surface area contributed by atoms with E-state index in [0.29, 0.717) is 6.04 Å². The maximum atomic E-state index is 6.14. The fourth-order valence-corrected chi connectivity index (χ4v) is 2.95. The van der Waals surface area contributed by atoms with Crippen molar-refractivity contribution < 1.29 is 4.74 Å². The van der Waals surface area contributed by atoms with Gasteiger partial charge in [-0.05, 0) is 51.4 Å². The molecule has 1 rings (SSSR count). The van der Waals surface area contributed by atoms with Crippen molar-refractivity contribution in [3.8, 4) is 0 Å². The molecule has 3 nitrogen and oxygen atoms in total. The van der Waals surface area contributed by atoms with Gasteiger partial charge in [-0.25, -0.2) is 0 Å². The summed E-state index contributed by atoms with van der Waals surface area (Å²) in [5.74, 6) is 1.62. The summed E-state index contributed by atoms with van der Waals surface area (Å²) in [7, 11) is 1.79. The van der Waals surface area contributed by atoms with E-state index in [4.69, 9.17) is 10.5 Å². The second-order valence-electron chi connectivity index (χ2n) is 6.90. The van der Waals surface area contributed by atoms with E-state index in [9.17, 15) is 0 Å². The van der Waals surface area contributed by atoms with Crippen LogP contribution in [0.3, 0.4) is 0 Å². The third-order valence-corrected chi connectivity index (χ3v) is 4.73. The molecule has 114 valence electrons. The highest BCUT2D eigenvalue weighted by Crippen LogP contribution is 2.38. The molecule has 0 aromatic heterocycles. The topological polar surface area (TPSA) is 38.5 Å². The molecule has 3 heteroatoms. The molecule has 19 heavy (non-hydrogen) atoms. The Morgan fingerprint density at radius 3 is 2.37 bits per heavy atom. The van der Waals surface area contributed by atoms with Gasteiger partial charge < -0.3 is 10.5 Å². The van der Waals surface area contributed by atoms with Gasteiger partial charge in [0.15, 0.2) is 0 Å². The fourth-order valence-electron chi connectivity index (χ4n) is 2.95. The molecular formula is C16H34N2O. The summed E-state index contributed by atoms with van der Waals surface area (Å²) < 4.78 is 5.31. The van der Waals surface area contributed by atoms with Crippen LogP contribution in [0.1, 0.15) is 53.4 Å². The smallest absolute Gasteiger partial charge is 0.0590 e. The van der Waals surface area contributed by atoms with Crippen LogP contribution in [0, 0.1) is 11.8 Å². The molecule has 2 unspecified atom stereocenters. The molecule has 0 bridgehead atoms. The zero-order valence-electron chi connectivity index (χ0n) is 13.6. The van der Waals surface area contributed by atoms with Gasteiger partial charge in [0.05, 0.1) is 6.61 Å². The van der Waals surface area contributed by atoms with E-state index < -0.39 is 0 Å². The van der Waals surface area contributed by atoms with Gasteiger partial charge in [-0.1, -0.05) is 13.8 Å². The molecule has 0 aromatic rings. The van der Waals surface area contributed by atoms with Gasteiger partial charge in [0.25, 0.3) is 0 Å². The number of nitrogens with zero attached hydrogens (tertiary/aromatic N) is 1. The highest BCUT2D eigenvalue weighted by atomic mass is 16.5. The standard InChI is InChI=1S/C16H34N2O/c1-13(2)8-9-16(4,12-17)18(10-11-19-5)14(3)15-6-7-15/h13-15H,6-12,17H2,1-5H3. The third-order valence-electron chi connectivity index (χ3n) is 4.73. The summed E-state index contributed by atoms with van der Waals surface area (Å²) in [4.78, 5) is 2.62. The lowest BCUT2D eigenvalue weighted by Gasteiger charge is -2.45. The predicted molar refractivity (Wildman–Crippen MR) is 82.3 cm³/mol. The van der Waals surface area contributed by atoms with Gasteiger partial charge in [-0.2, -0.15) is 0 Å². The third kappa shape index (κ3) is 5.05. The molecule has 0 saturated heterocycles. The Morgan fingerprint density at radius 1 is 1.32 bits per heavy atom. The molecule has 1 fully saturated rings. The minimum absolute atomic E-state index is 0.116. The molecule has 0 aromatic carbocycles. The van der Waals surface area contributed by atoms with Crippen LogP contribution in [-0.2, 0) is 4.74 Å². The molecular weight excluding hydrogens is 236 g/mol. The zero-order chi connectivity index (χ0) is 14.5. The van der Waals surface area contributed by atoms with E-state index in [0.717, 1.165) is 31.5 Å². The molecule has 0 heterocycles. The van der Waals surface area contributed by atoms with E-state index in [-0.39, 0.29) is 5.54 Å². The summed E-state index contributed by atoms with van der Waals surface area (Å²) in [5.41, 5.74) is 6.26. The predicted octanol–water partition coefficient (Wildman–Crippen LogP) is 2.89. The van der Waals surface area contributed by atoms with Crippen molar-refractivity contribution in [2.24, 2.45) is 17.6 Å². The van der Waals surface area contributed by atoms with Crippen LogP contribution in [0.5, 0.6) is 0 Å². The van der Waals surface area contributed by atoms with Crippen LogP contribution in [0.15, 0.2) is 0 Å². The lowest BCUT2D eigenvalue weighted by atomic mass is 9.88. The number of hydrogen-bond acceptors (Lipinski definition) is 3. The van der Waals surface area contributed by atoms with Crippen molar-refractivity contribution in [3.63, 3.8) is 0 Å². The summed E-state index contributed by atoms with van der Waals surface area (Å²) in [5, 5.41) is 0. The molecule has 0 spiro atoms. The van der Waals surface area contributed by atoms with Crippen LogP contribution >= 0.6 is 0 Å². The SMILES string of the molecule is COCCN(C(C)C1CC1)C(C)(CN)CCC(C)C.